The molecular formula is C7H7N. The minimum atomic E-state index is 0.125. The second kappa shape index (κ2) is 2.32. The van der Waals surface area contributed by atoms with Crippen molar-refractivity contribution in [1.29, 1.82) is 5.26 Å². The third-order valence-electron chi connectivity index (χ3n) is 1.15. The van der Waals surface area contributed by atoms with Crippen molar-refractivity contribution in [2.24, 2.45) is 5.92 Å². The Bertz CT molecular complexity index is 160. The molecular weight excluding hydrogens is 98.1 g/mol. The Morgan fingerprint density at radius 1 is 1.50 bits per heavy atom. The van der Waals surface area contributed by atoms with Crippen LogP contribution in [0.2, 0.25) is 0 Å². The Morgan fingerprint density at radius 2 is 2.38 bits per heavy atom. The van der Waals surface area contributed by atoms with Gasteiger partial charge in [0.05, 0.1) is 12.0 Å². The van der Waals surface area contributed by atoms with E-state index in [0.717, 1.165) is 6.42 Å². The quantitative estimate of drug-likeness (QED) is 0.459. The molecule has 1 heteroatoms. The van der Waals surface area contributed by atoms with Gasteiger partial charge in [-0.25, -0.2) is 0 Å². The highest BCUT2D eigenvalue weighted by molar-refractivity contribution is 5.15. The fraction of sp³-hybridized carbons (Fsp3) is 0.286. The fourth-order valence-corrected chi connectivity index (χ4v) is 0.676. The van der Waals surface area contributed by atoms with E-state index >= 15 is 0 Å². The molecule has 8 heavy (non-hydrogen) atoms. The van der Waals surface area contributed by atoms with E-state index in [0.29, 0.717) is 0 Å². The maximum absolute atomic E-state index is 8.36. The number of rotatable bonds is 0. The normalized spacial score (nSPS) is 25.1. The SMILES string of the molecule is N#C[C@@H]1C=CC=CC1. The van der Waals surface area contributed by atoms with Gasteiger partial charge in [-0.3, -0.25) is 0 Å². The second-order valence-electron chi connectivity index (χ2n) is 1.78. The second-order valence-corrected chi connectivity index (χ2v) is 1.78. The first-order chi connectivity index (χ1) is 3.93. The standard InChI is InChI=1S/C7H7N/c8-6-7-4-2-1-3-5-7/h1-4,7H,5H2/t7-/m1/s1. The van der Waals surface area contributed by atoms with Crippen LogP contribution in [0.15, 0.2) is 24.3 Å². The maximum Gasteiger partial charge on any atom is 0.0700 e. The Kier molecular flexibility index (Phi) is 1.48. The molecule has 0 aromatic carbocycles. The van der Waals surface area contributed by atoms with Crippen LogP contribution in [-0.4, -0.2) is 0 Å². The molecule has 0 heterocycles. The molecule has 0 saturated heterocycles. The van der Waals surface area contributed by atoms with Gasteiger partial charge in [-0.05, 0) is 6.42 Å². The highest BCUT2D eigenvalue weighted by Crippen LogP contribution is 2.08. The van der Waals surface area contributed by atoms with Gasteiger partial charge in [0.15, 0.2) is 0 Å². The first-order valence-electron chi connectivity index (χ1n) is 2.66. The van der Waals surface area contributed by atoms with Gasteiger partial charge in [-0.15, -0.1) is 0 Å². The molecule has 0 radical (unpaired) electrons. The van der Waals surface area contributed by atoms with Gasteiger partial charge in [0, 0.05) is 0 Å². The van der Waals surface area contributed by atoms with Crippen LogP contribution >= 0.6 is 0 Å². The van der Waals surface area contributed by atoms with Crippen LogP contribution in [0.1, 0.15) is 6.42 Å². The van der Waals surface area contributed by atoms with E-state index in [1.807, 2.05) is 24.3 Å². The van der Waals surface area contributed by atoms with Crippen LogP contribution in [0.4, 0.5) is 0 Å². The molecule has 0 bridgehead atoms. The molecule has 0 aromatic rings. The molecule has 0 spiro atoms. The summed E-state index contributed by atoms with van der Waals surface area (Å²) in [5.74, 6) is 0.125. The van der Waals surface area contributed by atoms with E-state index in [1.165, 1.54) is 0 Å². The molecule has 0 saturated carbocycles. The molecule has 1 rings (SSSR count). The molecule has 1 atom stereocenters. The first kappa shape index (κ1) is 5.11. The van der Waals surface area contributed by atoms with E-state index in [9.17, 15) is 0 Å². The van der Waals surface area contributed by atoms with Crippen LogP contribution in [0.5, 0.6) is 0 Å². The predicted molar refractivity (Wildman–Crippen MR) is 32.0 cm³/mol. The van der Waals surface area contributed by atoms with Gasteiger partial charge in [-0.2, -0.15) is 5.26 Å². The number of hydrogen-bond donors (Lipinski definition) is 0. The maximum atomic E-state index is 8.36. The summed E-state index contributed by atoms with van der Waals surface area (Å²) in [6.45, 7) is 0. The lowest BCUT2D eigenvalue weighted by atomic mass is 10.0. The van der Waals surface area contributed by atoms with Crippen molar-refractivity contribution >= 4 is 0 Å². The molecule has 1 aliphatic carbocycles. The molecule has 0 aromatic heterocycles. The first-order valence-corrected chi connectivity index (χ1v) is 2.66. The average Bonchev–Trinajstić information content (AvgIpc) is 1.90. The lowest BCUT2D eigenvalue weighted by Gasteiger charge is -1.99. The highest BCUT2D eigenvalue weighted by atomic mass is 14.3. The molecule has 0 amide bonds. The smallest absolute Gasteiger partial charge is 0.0700 e. The largest absolute Gasteiger partial charge is 0.198 e. The summed E-state index contributed by atoms with van der Waals surface area (Å²) in [6, 6.07) is 2.17. The van der Waals surface area contributed by atoms with Crippen molar-refractivity contribution in [3.63, 3.8) is 0 Å². The van der Waals surface area contributed by atoms with E-state index < -0.39 is 0 Å². The summed E-state index contributed by atoms with van der Waals surface area (Å²) in [6.07, 6.45) is 8.69. The average molecular weight is 105 g/mol. The third-order valence-corrected chi connectivity index (χ3v) is 1.15. The van der Waals surface area contributed by atoms with E-state index in [1.54, 1.807) is 0 Å². The van der Waals surface area contributed by atoms with Gasteiger partial charge in [0.1, 0.15) is 0 Å². The summed E-state index contributed by atoms with van der Waals surface area (Å²) in [5, 5.41) is 8.36. The Hall–Kier alpha value is -1.03. The Labute approximate surface area is 48.9 Å². The zero-order valence-corrected chi connectivity index (χ0v) is 4.54. The summed E-state index contributed by atoms with van der Waals surface area (Å²) in [4.78, 5) is 0. The topological polar surface area (TPSA) is 23.8 Å². The molecule has 1 aliphatic rings. The Balaban J connectivity index is 2.55. The van der Waals surface area contributed by atoms with Crippen molar-refractivity contribution < 1.29 is 0 Å². The summed E-state index contributed by atoms with van der Waals surface area (Å²) in [7, 11) is 0. The van der Waals surface area contributed by atoms with Crippen LogP contribution in [0, 0.1) is 17.2 Å². The molecule has 0 N–H and O–H groups in total. The summed E-state index contributed by atoms with van der Waals surface area (Å²) < 4.78 is 0. The molecule has 40 valence electrons. The van der Waals surface area contributed by atoms with Gasteiger partial charge in [-0.1, -0.05) is 24.3 Å². The molecule has 0 fully saturated rings. The molecule has 1 nitrogen and oxygen atoms in total. The van der Waals surface area contributed by atoms with Crippen LogP contribution in [0.25, 0.3) is 0 Å². The number of allylic oxidation sites excluding steroid dienone is 4. The van der Waals surface area contributed by atoms with Crippen molar-refractivity contribution in [1.82, 2.24) is 0 Å². The predicted octanol–water partition coefficient (Wildman–Crippen LogP) is 1.64. The third kappa shape index (κ3) is 0.974. The van der Waals surface area contributed by atoms with Crippen LogP contribution in [-0.2, 0) is 0 Å². The lowest BCUT2D eigenvalue weighted by Crippen LogP contribution is -1.90. The zero-order chi connectivity index (χ0) is 5.82. The fourth-order valence-electron chi connectivity index (χ4n) is 0.676. The van der Waals surface area contributed by atoms with E-state index in [-0.39, 0.29) is 5.92 Å². The van der Waals surface area contributed by atoms with Crippen molar-refractivity contribution in [2.75, 3.05) is 0 Å². The van der Waals surface area contributed by atoms with E-state index in [4.69, 9.17) is 5.26 Å². The Morgan fingerprint density at radius 3 is 2.75 bits per heavy atom. The minimum absolute atomic E-state index is 0.125. The van der Waals surface area contributed by atoms with Crippen molar-refractivity contribution in [3.8, 4) is 6.07 Å². The summed E-state index contributed by atoms with van der Waals surface area (Å²) in [5.41, 5.74) is 0. The van der Waals surface area contributed by atoms with E-state index in [2.05, 4.69) is 6.07 Å². The number of nitrogens with zero attached hydrogens (tertiary/aromatic N) is 1. The number of nitriles is 1. The van der Waals surface area contributed by atoms with Crippen LogP contribution < -0.4 is 0 Å². The van der Waals surface area contributed by atoms with Gasteiger partial charge in [0.2, 0.25) is 0 Å². The number of hydrogen-bond acceptors (Lipinski definition) is 1. The zero-order valence-electron chi connectivity index (χ0n) is 4.54. The van der Waals surface area contributed by atoms with Crippen LogP contribution in [0.3, 0.4) is 0 Å². The summed E-state index contributed by atoms with van der Waals surface area (Å²) >= 11 is 0. The lowest BCUT2D eigenvalue weighted by molar-refractivity contribution is 0.838. The molecule has 0 aliphatic heterocycles. The van der Waals surface area contributed by atoms with Gasteiger partial charge < -0.3 is 0 Å². The minimum Gasteiger partial charge on any atom is -0.198 e. The molecule has 0 unspecified atom stereocenters. The van der Waals surface area contributed by atoms with Gasteiger partial charge >= 0.3 is 0 Å². The van der Waals surface area contributed by atoms with Crippen molar-refractivity contribution in [3.05, 3.63) is 24.3 Å². The van der Waals surface area contributed by atoms with Crippen molar-refractivity contribution in [2.45, 2.75) is 6.42 Å². The van der Waals surface area contributed by atoms with Gasteiger partial charge in [0.25, 0.3) is 0 Å². The monoisotopic (exact) mass is 105 g/mol. The highest BCUT2D eigenvalue weighted by Gasteiger charge is 1.99.